The van der Waals surface area contributed by atoms with Gasteiger partial charge in [0.2, 0.25) is 0 Å². The van der Waals surface area contributed by atoms with E-state index in [4.69, 9.17) is 10.5 Å². The highest BCUT2D eigenvalue weighted by Crippen LogP contribution is 2.25. The lowest BCUT2D eigenvalue weighted by atomic mass is 9.92. The molecule has 142 valence electrons. The maximum absolute atomic E-state index is 12.5. The molecule has 1 saturated heterocycles. The van der Waals surface area contributed by atoms with Crippen LogP contribution in [0.3, 0.4) is 0 Å². The largest absolute Gasteiger partial charge is 0.378 e. The van der Waals surface area contributed by atoms with Crippen LogP contribution < -0.4 is 11.1 Å². The van der Waals surface area contributed by atoms with Gasteiger partial charge in [-0.2, -0.15) is 0 Å². The highest BCUT2D eigenvalue weighted by atomic mass is 16.5. The van der Waals surface area contributed by atoms with Gasteiger partial charge in [-0.3, -0.25) is 4.79 Å². The molecule has 27 heavy (non-hydrogen) atoms. The number of primary amides is 1. The number of hydrogen-bond donors (Lipinski definition) is 2. The molecule has 6 nitrogen and oxygen atoms in total. The average molecular weight is 367 g/mol. The topological polar surface area (TPSA) is 84.7 Å². The molecule has 6 heteroatoms. The molecule has 3 amide bonds. The first-order chi connectivity index (χ1) is 12.9. The Bertz CT molecular complexity index is 808. The maximum Gasteiger partial charge on any atom is 0.312 e. The van der Waals surface area contributed by atoms with E-state index in [1.54, 1.807) is 0 Å². The first-order valence-electron chi connectivity index (χ1n) is 9.02. The van der Waals surface area contributed by atoms with Gasteiger partial charge in [0, 0.05) is 18.7 Å². The standard InChI is InChI=1S/C21H25N3O3/c1-21(2,23-20(22)26)18-9-7-16(8-10-18)15-3-5-17(6-4-15)19(25)24-11-13-27-14-12-24/h3-10H,11-14H2,1-2H3,(H3,22,23,26). The SMILES string of the molecule is CC(C)(NC(N)=O)c1ccc(-c2ccc(C(=O)N3CCOCC3)cc2)cc1. The van der Waals surface area contributed by atoms with E-state index in [1.807, 2.05) is 67.3 Å². The van der Waals surface area contributed by atoms with Crippen molar-refractivity contribution >= 4 is 11.9 Å². The quantitative estimate of drug-likeness (QED) is 0.871. The molecule has 0 aliphatic carbocycles. The van der Waals surface area contributed by atoms with E-state index in [2.05, 4.69) is 5.32 Å². The summed E-state index contributed by atoms with van der Waals surface area (Å²) in [5, 5.41) is 2.73. The Morgan fingerprint density at radius 3 is 2.00 bits per heavy atom. The molecule has 0 aromatic heterocycles. The molecular formula is C21H25N3O3. The molecule has 1 aliphatic rings. The van der Waals surface area contributed by atoms with Crippen molar-refractivity contribution in [3.05, 3.63) is 59.7 Å². The summed E-state index contributed by atoms with van der Waals surface area (Å²) in [5.74, 6) is 0.0412. The summed E-state index contributed by atoms with van der Waals surface area (Å²) < 4.78 is 5.29. The van der Waals surface area contributed by atoms with Crippen LogP contribution in [0, 0.1) is 0 Å². The Morgan fingerprint density at radius 2 is 1.48 bits per heavy atom. The zero-order chi connectivity index (χ0) is 19.4. The predicted molar refractivity (Wildman–Crippen MR) is 104 cm³/mol. The van der Waals surface area contributed by atoms with Crippen LogP contribution in [0.15, 0.2) is 48.5 Å². The number of hydrogen-bond acceptors (Lipinski definition) is 3. The van der Waals surface area contributed by atoms with Crippen LogP contribution in [0.25, 0.3) is 11.1 Å². The number of morpholine rings is 1. The van der Waals surface area contributed by atoms with Crippen LogP contribution in [0.1, 0.15) is 29.8 Å². The summed E-state index contributed by atoms with van der Waals surface area (Å²) in [6, 6.07) is 15.0. The summed E-state index contributed by atoms with van der Waals surface area (Å²) in [6.45, 7) is 6.26. The number of rotatable bonds is 4. The molecule has 0 spiro atoms. The Balaban J connectivity index is 1.73. The van der Waals surface area contributed by atoms with Crippen molar-refractivity contribution in [2.75, 3.05) is 26.3 Å². The van der Waals surface area contributed by atoms with Gasteiger partial charge in [-0.15, -0.1) is 0 Å². The highest BCUT2D eigenvalue weighted by molar-refractivity contribution is 5.94. The van der Waals surface area contributed by atoms with E-state index < -0.39 is 11.6 Å². The van der Waals surface area contributed by atoms with Crippen LogP contribution in [0.5, 0.6) is 0 Å². The van der Waals surface area contributed by atoms with Crippen LogP contribution in [0.4, 0.5) is 4.79 Å². The van der Waals surface area contributed by atoms with Gasteiger partial charge < -0.3 is 20.7 Å². The molecule has 0 saturated carbocycles. The lowest BCUT2D eigenvalue weighted by Crippen LogP contribution is -2.43. The molecule has 2 aromatic carbocycles. The van der Waals surface area contributed by atoms with Gasteiger partial charge in [-0.25, -0.2) is 4.79 Å². The normalized spacial score (nSPS) is 14.7. The zero-order valence-corrected chi connectivity index (χ0v) is 15.7. The summed E-state index contributed by atoms with van der Waals surface area (Å²) in [6.07, 6.45) is 0. The number of amides is 3. The number of ether oxygens (including phenoxy) is 1. The van der Waals surface area contributed by atoms with E-state index in [9.17, 15) is 9.59 Å². The van der Waals surface area contributed by atoms with Crippen molar-refractivity contribution < 1.29 is 14.3 Å². The zero-order valence-electron chi connectivity index (χ0n) is 15.7. The number of nitrogens with one attached hydrogen (secondary N) is 1. The minimum Gasteiger partial charge on any atom is -0.378 e. The third-order valence-corrected chi connectivity index (χ3v) is 4.81. The van der Waals surface area contributed by atoms with E-state index >= 15 is 0 Å². The van der Waals surface area contributed by atoms with Gasteiger partial charge in [-0.1, -0.05) is 36.4 Å². The van der Waals surface area contributed by atoms with E-state index in [0.717, 1.165) is 16.7 Å². The first kappa shape index (κ1) is 18.9. The van der Waals surface area contributed by atoms with Crippen molar-refractivity contribution in [3.63, 3.8) is 0 Å². The Kier molecular flexibility index (Phi) is 5.46. The lowest BCUT2D eigenvalue weighted by Gasteiger charge is -2.27. The molecular weight excluding hydrogens is 342 g/mol. The molecule has 3 rings (SSSR count). The number of nitrogens with zero attached hydrogens (tertiary/aromatic N) is 1. The summed E-state index contributed by atoms with van der Waals surface area (Å²) >= 11 is 0. The number of nitrogens with two attached hydrogens (primary N) is 1. The number of carbonyl (C=O) groups is 2. The third-order valence-electron chi connectivity index (χ3n) is 4.81. The van der Waals surface area contributed by atoms with Crippen LogP contribution >= 0.6 is 0 Å². The van der Waals surface area contributed by atoms with E-state index in [-0.39, 0.29) is 5.91 Å². The third kappa shape index (κ3) is 4.46. The first-order valence-corrected chi connectivity index (χ1v) is 9.02. The summed E-state index contributed by atoms with van der Waals surface area (Å²) in [7, 11) is 0. The minimum absolute atomic E-state index is 0.0412. The minimum atomic E-state index is -0.551. The van der Waals surface area contributed by atoms with E-state index in [0.29, 0.717) is 31.9 Å². The fraction of sp³-hybridized carbons (Fsp3) is 0.333. The van der Waals surface area contributed by atoms with Gasteiger partial charge in [0.15, 0.2) is 0 Å². The number of urea groups is 1. The molecule has 0 bridgehead atoms. The second kappa shape index (κ2) is 7.80. The maximum atomic E-state index is 12.5. The second-order valence-electron chi connectivity index (χ2n) is 7.17. The van der Waals surface area contributed by atoms with Gasteiger partial charge in [0.1, 0.15) is 0 Å². The molecule has 1 aliphatic heterocycles. The smallest absolute Gasteiger partial charge is 0.312 e. The van der Waals surface area contributed by atoms with Crippen LogP contribution in [-0.4, -0.2) is 43.1 Å². The lowest BCUT2D eigenvalue weighted by molar-refractivity contribution is 0.0303. The molecule has 0 atom stereocenters. The second-order valence-corrected chi connectivity index (χ2v) is 7.17. The van der Waals surface area contributed by atoms with Crippen molar-refractivity contribution in [1.29, 1.82) is 0 Å². The average Bonchev–Trinajstić information content (AvgIpc) is 2.67. The molecule has 0 radical (unpaired) electrons. The Labute approximate surface area is 159 Å². The molecule has 0 unspecified atom stereocenters. The van der Waals surface area contributed by atoms with Gasteiger partial charge in [0.25, 0.3) is 5.91 Å². The molecule has 2 aromatic rings. The van der Waals surface area contributed by atoms with Crippen molar-refractivity contribution in [3.8, 4) is 11.1 Å². The highest BCUT2D eigenvalue weighted by Gasteiger charge is 2.22. The van der Waals surface area contributed by atoms with E-state index in [1.165, 1.54) is 0 Å². The van der Waals surface area contributed by atoms with Gasteiger partial charge >= 0.3 is 6.03 Å². The van der Waals surface area contributed by atoms with Gasteiger partial charge in [-0.05, 0) is 42.7 Å². The van der Waals surface area contributed by atoms with Crippen molar-refractivity contribution in [2.45, 2.75) is 19.4 Å². The van der Waals surface area contributed by atoms with Crippen molar-refractivity contribution in [2.24, 2.45) is 5.73 Å². The fourth-order valence-electron chi connectivity index (χ4n) is 3.21. The van der Waals surface area contributed by atoms with Crippen LogP contribution in [0.2, 0.25) is 0 Å². The van der Waals surface area contributed by atoms with Crippen molar-refractivity contribution in [1.82, 2.24) is 10.2 Å². The summed E-state index contributed by atoms with van der Waals surface area (Å²) in [5.41, 5.74) is 8.41. The summed E-state index contributed by atoms with van der Waals surface area (Å²) in [4.78, 5) is 25.5. The fourth-order valence-corrected chi connectivity index (χ4v) is 3.21. The predicted octanol–water partition coefficient (Wildman–Crippen LogP) is 2.73. The van der Waals surface area contributed by atoms with Gasteiger partial charge in [0.05, 0.1) is 18.8 Å². The molecule has 3 N–H and O–H groups in total. The number of carbonyl (C=O) groups excluding carboxylic acids is 2. The Hall–Kier alpha value is -2.86. The molecule has 1 fully saturated rings. The molecule has 1 heterocycles. The van der Waals surface area contributed by atoms with Crippen LogP contribution in [-0.2, 0) is 10.3 Å². The Morgan fingerprint density at radius 1 is 0.963 bits per heavy atom. The number of benzene rings is 2. The monoisotopic (exact) mass is 367 g/mol.